The molecule has 2 heterocycles. The van der Waals surface area contributed by atoms with E-state index >= 15 is 0 Å². The van der Waals surface area contributed by atoms with Crippen LogP contribution in [0.1, 0.15) is 39.7 Å². The first-order chi connectivity index (χ1) is 16.7. The molecule has 0 unspecified atom stereocenters. The van der Waals surface area contributed by atoms with Crippen molar-refractivity contribution in [3.05, 3.63) is 66.5 Å². The average Bonchev–Trinajstić information content (AvgIpc) is 3.20. The van der Waals surface area contributed by atoms with Crippen LogP contribution in [-0.4, -0.2) is 46.3 Å². The number of aryl methyl sites for hydroxylation is 1. The quantitative estimate of drug-likeness (QED) is 0.475. The molecule has 4 rings (SSSR count). The Morgan fingerprint density at radius 1 is 1.06 bits per heavy atom. The zero-order valence-electron chi connectivity index (χ0n) is 20.6. The molecule has 1 aromatic heterocycles. The number of amides is 1. The van der Waals surface area contributed by atoms with E-state index in [1.165, 1.54) is 10.6 Å². The van der Waals surface area contributed by atoms with Gasteiger partial charge < -0.3 is 20.2 Å². The van der Waals surface area contributed by atoms with Gasteiger partial charge in [-0.15, -0.1) is 5.06 Å². The van der Waals surface area contributed by atoms with E-state index in [0.717, 1.165) is 22.9 Å². The van der Waals surface area contributed by atoms with Crippen molar-refractivity contribution in [1.29, 1.82) is 0 Å². The zero-order valence-corrected chi connectivity index (χ0v) is 20.6. The molecule has 0 radical (unpaired) electrons. The summed E-state index contributed by atoms with van der Waals surface area (Å²) in [6.45, 7) is 7.71. The van der Waals surface area contributed by atoms with Gasteiger partial charge in [0.2, 0.25) is 5.91 Å². The standard InChI is InChI=1S/C27H32N4O4/c1-5-18-6-9-21(10-7-18)30-25(32)24-15-23(17-31(24)35-26(33)34-27(2,3)4)29-22-11-8-20-16-28-13-12-19(20)14-22/h6-14,16,23-24,29H,5,15,17H2,1-4H3,(H,30,32)/t23-,24+/m1/s1. The van der Waals surface area contributed by atoms with Gasteiger partial charge >= 0.3 is 6.16 Å². The van der Waals surface area contributed by atoms with E-state index in [1.807, 2.05) is 54.7 Å². The Labute approximate surface area is 205 Å². The Bertz CT molecular complexity index is 1190. The number of aromatic nitrogens is 1. The first kappa shape index (κ1) is 24.5. The number of hydrogen-bond acceptors (Lipinski definition) is 7. The van der Waals surface area contributed by atoms with E-state index in [9.17, 15) is 9.59 Å². The summed E-state index contributed by atoms with van der Waals surface area (Å²) in [6.07, 6.45) is 4.12. The second kappa shape index (κ2) is 10.3. The lowest BCUT2D eigenvalue weighted by Crippen LogP contribution is -2.42. The highest BCUT2D eigenvalue weighted by atomic mass is 16.8. The third-order valence-corrected chi connectivity index (χ3v) is 5.78. The zero-order chi connectivity index (χ0) is 25.0. The van der Waals surface area contributed by atoms with Gasteiger partial charge in [0.1, 0.15) is 11.6 Å². The number of fused-ring (bicyclic) bond motifs is 1. The van der Waals surface area contributed by atoms with Crippen LogP contribution in [0.4, 0.5) is 16.2 Å². The van der Waals surface area contributed by atoms with Crippen LogP contribution in [0.15, 0.2) is 60.9 Å². The van der Waals surface area contributed by atoms with Crippen molar-refractivity contribution in [3.63, 3.8) is 0 Å². The summed E-state index contributed by atoms with van der Waals surface area (Å²) in [6, 6.07) is 14.9. The van der Waals surface area contributed by atoms with Gasteiger partial charge in [0.15, 0.2) is 0 Å². The molecule has 2 atom stereocenters. The average molecular weight is 477 g/mol. The van der Waals surface area contributed by atoms with Crippen LogP contribution in [0.2, 0.25) is 0 Å². The van der Waals surface area contributed by atoms with E-state index in [1.54, 1.807) is 27.0 Å². The molecule has 3 aromatic rings. The summed E-state index contributed by atoms with van der Waals surface area (Å²) in [5.74, 6) is -0.244. The van der Waals surface area contributed by atoms with Gasteiger partial charge in [0, 0.05) is 35.2 Å². The summed E-state index contributed by atoms with van der Waals surface area (Å²) >= 11 is 0. The number of benzene rings is 2. The number of hydroxylamine groups is 2. The highest BCUT2D eigenvalue weighted by molar-refractivity contribution is 5.95. The molecule has 8 heteroatoms. The van der Waals surface area contributed by atoms with Gasteiger partial charge in [0.25, 0.3) is 0 Å². The molecule has 1 fully saturated rings. The number of hydrogen-bond donors (Lipinski definition) is 2. The van der Waals surface area contributed by atoms with Crippen LogP contribution in [0, 0.1) is 0 Å². The van der Waals surface area contributed by atoms with Gasteiger partial charge in [-0.05, 0) is 74.9 Å². The van der Waals surface area contributed by atoms with E-state index in [0.29, 0.717) is 18.7 Å². The molecular weight excluding hydrogens is 444 g/mol. The Hall–Kier alpha value is -3.65. The Morgan fingerprint density at radius 2 is 1.80 bits per heavy atom. The predicted octanol–water partition coefficient (Wildman–Crippen LogP) is 5.16. The number of ether oxygens (including phenoxy) is 1. The van der Waals surface area contributed by atoms with Crippen molar-refractivity contribution in [2.75, 3.05) is 17.2 Å². The molecular formula is C27H32N4O4. The minimum absolute atomic E-state index is 0.116. The molecule has 1 aliphatic heterocycles. The van der Waals surface area contributed by atoms with Crippen molar-refractivity contribution in [2.45, 2.75) is 58.2 Å². The summed E-state index contributed by atoms with van der Waals surface area (Å²) in [5, 5.41) is 9.94. The van der Waals surface area contributed by atoms with Crippen molar-refractivity contribution >= 4 is 34.2 Å². The molecule has 0 aliphatic carbocycles. The van der Waals surface area contributed by atoms with Gasteiger partial charge in [-0.1, -0.05) is 25.1 Å². The third-order valence-electron chi connectivity index (χ3n) is 5.78. The monoisotopic (exact) mass is 476 g/mol. The number of pyridine rings is 1. The van der Waals surface area contributed by atoms with Crippen LogP contribution in [0.3, 0.4) is 0 Å². The van der Waals surface area contributed by atoms with E-state index in [4.69, 9.17) is 9.57 Å². The fourth-order valence-electron chi connectivity index (χ4n) is 4.07. The summed E-state index contributed by atoms with van der Waals surface area (Å²) in [5.41, 5.74) is 2.10. The lowest BCUT2D eigenvalue weighted by atomic mass is 10.1. The summed E-state index contributed by atoms with van der Waals surface area (Å²) in [7, 11) is 0. The molecule has 0 saturated carbocycles. The lowest BCUT2D eigenvalue weighted by Gasteiger charge is -2.25. The van der Waals surface area contributed by atoms with E-state index < -0.39 is 17.8 Å². The maximum absolute atomic E-state index is 13.2. The van der Waals surface area contributed by atoms with Crippen LogP contribution in [-0.2, 0) is 20.8 Å². The maximum Gasteiger partial charge on any atom is 0.528 e. The van der Waals surface area contributed by atoms with Crippen LogP contribution >= 0.6 is 0 Å². The highest BCUT2D eigenvalue weighted by Crippen LogP contribution is 2.26. The number of carbonyl (C=O) groups excluding carboxylic acids is 2. The number of nitrogens with zero attached hydrogens (tertiary/aromatic N) is 2. The highest BCUT2D eigenvalue weighted by Gasteiger charge is 2.40. The van der Waals surface area contributed by atoms with Crippen LogP contribution in [0.5, 0.6) is 0 Å². The Morgan fingerprint density at radius 3 is 2.51 bits per heavy atom. The number of nitrogens with one attached hydrogen (secondary N) is 2. The van der Waals surface area contributed by atoms with Crippen molar-refractivity contribution in [3.8, 4) is 0 Å². The Balaban J connectivity index is 1.48. The fourth-order valence-corrected chi connectivity index (χ4v) is 4.07. The number of rotatable bonds is 6. The molecule has 184 valence electrons. The predicted molar refractivity (Wildman–Crippen MR) is 136 cm³/mol. The second-order valence-electron chi connectivity index (χ2n) is 9.73. The molecule has 35 heavy (non-hydrogen) atoms. The first-order valence-electron chi connectivity index (χ1n) is 11.9. The molecule has 1 saturated heterocycles. The van der Waals surface area contributed by atoms with Crippen molar-refractivity contribution in [2.24, 2.45) is 0 Å². The van der Waals surface area contributed by atoms with Gasteiger partial charge in [-0.25, -0.2) is 4.79 Å². The normalized spacial score (nSPS) is 18.3. The van der Waals surface area contributed by atoms with Gasteiger partial charge in [0.05, 0.1) is 6.54 Å². The first-order valence-corrected chi connectivity index (χ1v) is 11.9. The maximum atomic E-state index is 13.2. The largest absolute Gasteiger partial charge is 0.528 e. The minimum Gasteiger partial charge on any atom is -0.427 e. The number of anilines is 2. The van der Waals surface area contributed by atoms with Crippen LogP contribution < -0.4 is 10.6 Å². The fraction of sp³-hybridized carbons (Fsp3) is 0.370. The molecule has 2 aromatic carbocycles. The third kappa shape index (κ3) is 6.48. The lowest BCUT2D eigenvalue weighted by molar-refractivity contribution is -0.159. The molecule has 2 N–H and O–H groups in total. The Kier molecular flexibility index (Phi) is 7.21. The summed E-state index contributed by atoms with van der Waals surface area (Å²) in [4.78, 5) is 35.2. The molecule has 1 aliphatic rings. The van der Waals surface area contributed by atoms with Crippen LogP contribution in [0.25, 0.3) is 10.8 Å². The molecule has 8 nitrogen and oxygen atoms in total. The van der Waals surface area contributed by atoms with Gasteiger partial charge in [-0.3, -0.25) is 9.78 Å². The summed E-state index contributed by atoms with van der Waals surface area (Å²) < 4.78 is 5.31. The smallest absolute Gasteiger partial charge is 0.427 e. The molecule has 0 bridgehead atoms. The topological polar surface area (TPSA) is 92.8 Å². The molecule has 1 amide bonds. The SMILES string of the molecule is CCc1ccc(NC(=O)[C@@H]2C[C@@H](Nc3ccc4cnccc4c3)CN2OC(=O)OC(C)(C)C)cc1. The van der Waals surface area contributed by atoms with E-state index in [-0.39, 0.29) is 11.9 Å². The minimum atomic E-state index is -0.832. The second-order valence-corrected chi connectivity index (χ2v) is 9.73. The van der Waals surface area contributed by atoms with E-state index in [2.05, 4.69) is 22.5 Å². The van der Waals surface area contributed by atoms with Gasteiger partial charge in [-0.2, -0.15) is 0 Å². The molecule has 0 spiro atoms. The van der Waals surface area contributed by atoms with Crippen molar-refractivity contribution in [1.82, 2.24) is 10.0 Å². The van der Waals surface area contributed by atoms with Crippen molar-refractivity contribution < 1.29 is 19.2 Å². The number of carbonyl (C=O) groups is 2.